The minimum atomic E-state index is -0.477. The highest BCUT2D eigenvalue weighted by Crippen LogP contribution is 2.27. The van der Waals surface area contributed by atoms with Crippen LogP contribution < -0.4 is 0 Å². The first-order valence-electron chi connectivity index (χ1n) is 7.13. The molecule has 0 saturated carbocycles. The number of aromatic nitrogens is 3. The van der Waals surface area contributed by atoms with Crippen LogP contribution in [0.5, 0.6) is 0 Å². The van der Waals surface area contributed by atoms with Gasteiger partial charge in [0.1, 0.15) is 18.5 Å². The summed E-state index contributed by atoms with van der Waals surface area (Å²) in [5, 5.41) is 4.01. The fraction of sp³-hybridized carbons (Fsp3) is 0.786. The van der Waals surface area contributed by atoms with Gasteiger partial charge in [-0.15, -0.1) is 0 Å². The summed E-state index contributed by atoms with van der Waals surface area (Å²) in [4.78, 5) is 17.9. The Morgan fingerprint density at radius 3 is 2.76 bits per heavy atom. The maximum Gasteiger partial charge on any atom is 0.410 e. The number of hydrogen-bond donors (Lipinski definition) is 0. The highest BCUT2D eigenvalue weighted by molar-refractivity contribution is 5.68. The maximum atomic E-state index is 12.1. The number of carbonyl (C=O) groups excluding carboxylic acids is 1. The normalized spacial score (nSPS) is 22.6. The van der Waals surface area contributed by atoms with Gasteiger partial charge in [0.15, 0.2) is 5.82 Å². The van der Waals surface area contributed by atoms with E-state index in [2.05, 4.69) is 10.1 Å². The van der Waals surface area contributed by atoms with Crippen LogP contribution in [-0.2, 0) is 23.1 Å². The minimum Gasteiger partial charge on any atom is -0.444 e. The van der Waals surface area contributed by atoms with Gasteiger partial charge in [-0.1, -0.05) is 0 Å². The number of hydrogen-bond acceptors (Lipinski definition) is 5. The number of carbonyl (C=O) groups is 1. The summed E-state index contributed by atoms with van der Waals surface area (Å²) < 4.78 is 13.0. The third-order valence-electron chi connectivity index (χ3n) is 3.44. The van der Waals surface area contributed by atoms with Crippen molar-refractivity contribution in [2.45, 2.75) is 51.9 Å². The molecule has 1 saturated heterocycles. The topological polar surface area (TPSA) is 69.5 Å². The second kappa shape index (κ2) is 5.63. The van der Waals surface area contributed by atoms with E-state index in [1.807, 2.05) is 34.7 Å². The lowest BCUT2D eigenvalue weighted by Gasteiger charge is -2.27. The molecule has 0 N–H and O–H groups in total. The third-order valence-corrected chi connectivity index (χ3v) is 3.44. The van der Waals surface area contributed by atoms with E-state index in [4.69, 9.17) is 9.47 Å². The summed E-state index contributed by atoms with van der Waals surface area (Å²) in [6.07, 6.45) is 2.00. The first-order valence-corrected chi connectivity index (χ1v) is 7.13. The number of likely N-dealkylation sites (tertiary alicyclic amines) is 1. The molecule has 1 aromatic rings. The van der Waals surface area contributed by atoms with Crippen LogP contribution in [0.25, 0.3) is 0 Å². The molecule has 1 aromatic heterocycles. The standard InChI is InChI=1S/C14H24N4O3/c1-13(2,3)21-12(19)18-7-6-14(4,9-18)20-8-11-15-10-16-17(11)5/h10H,6-9H2,1-5H3. The summed E-state index contributed by atoms with van der Waals surface area (Å²) in [6.45, 7) is 9.16. The minimum absolute atomic E-state index is 0.284. The highest BCUT2D eigenvalue weighted by Gasteiger charge is 2.38. The Morgan fingerprint density at radius 1 is 1.48 bits per heavy atom. The van der Waals surface area contributed by atoms with Gasteiger partial charge in [-0.05, 0) is 34.1 Å². The predicted octanol–water partition coefficient (Wildman–Crippen LogP) is 1.73. The molecule has 1 fully saturated rings. The van der Waals surface area contributed by atoms with Gasteiger partial charge < -0.3 is 14.4 Å². The number of rotatable bonds is 3. The molecule has 0 bridgehead atoms. The molecular weight excluding hydrogens is 272 g/mol. The molecule has 1 atom stereocenters. The second-order valence-corrected chi connectivity index (χ2v) is 6.69. The van der Waals surface area contributed by atoms with E-state index in [1.165, 1.54) is 6.33 Å². The van der Waals surface area contributed by atoms with Crippen molar-refractivity contribution >= 4 is 6.09 Å². The molecule has 0 spiro atoms. The summed E-state index contributed by atoms with van der Waals surface area (Å²) in [5.41, 5.74) is -0.849. The van der Waals surface area contributed by atoms with Crippen LogP contribution in [0.15, 0.2) is 6.33 Å². The molecule has 0 aromatic carbocycles. The molecule has 1 unspecified atom stereocenters. The van der Waals surface area contributed by atoms with Crippen molar-refractivity contribution in [2.24, 2.45) is 7.05 Å². The molecule has 21 heavy (non-hydrogen) atoms. The Labute approximate surface area is 125 Å². The largest absolute Gasteiger partial charge is 0.444 e. The number of amides is 1. The van der Waals surface area contributed by atoms with E-state index in [9.17, 15) is 4.79 Å². The van der Waals surface area contributed by atoms with Crippen LogP contribution in [0.1, 0.15) is 39.9 Å². The molecule has 1 aliphatic rings. The molecular formula is C14H24N4O3. The lowest BCUT2D eigenvalue weighted by atomic mass is 10.1. The van der Waals surface area contributed by atoms with Crippen molar-refractivity contribution in [2.75, 3.05) is 13.1 Å². The van der Waals surface area contributed by atoms with E-state index in [0.29, 0.717) is 19.7 Å². The first-order chi connectivity index (χ1) is 9.69. The summed E-state index contributed by atoms with van der Waals surface area (Å²) in [7, 11) is 1.83. The predicted molar refractivity (Wildman–Crippen MR) is 76.6 cm³/mol. The second-order valence-electron chi connectivity index (χ2n) is 6.69. The quantitative estimate of drug-likeness (QED) is 0.849. The van der Waals surface area contributed by atoms with Gasteiger partial charge in [0.25, 0.3) is 0 Å². The lowest BCUT2D eigenvalue weighted by molar-refractivity contribution is -0.0409. The van der Waals surface area contributed by atoms with E-state index in [0.717, 1.165) is 12.2 Å². The van der Waals surface area contributed by atoms with E-state index in [1.54, 1.807) is 9.58 Å². The van der Waals surface area contributed by atoms with Crippen molar-refractivity contribution in [1.82, 2.24) is 19.7 Å². The van der Waals surface area contributed by atoms with Crippen molar-refractivity contribution in [3.8, 4) is 0 Å². The molecule has 2 heterocycles. The van der Waals surface area contributed by atoms with Crippen molar-refractivity contribution in [1.29, 1.82) is 0 Å². The number of aryl methyl sites for hydroxylation is 1. The molecule has 0 radical (unpaired) electrons. The molecule has 0 aliphatic carbocycles. The smallest absolute Gasteiger partial charge is 0.410 e. The van der Waals surface area contributed by atoms with E-state index in [-0.39, 0.29) is 11.7 Å². The molecule has 1 amide bonds. The van der Waals surface area contributed by atoms with Gasteiger partial charge in [0.05, 0.1) is 12.1 Å². The Balaban J connectivity index is 1.88. The van der Waals surface area contributed by atoms with Gasteiger partial charge in [0.2, 0.25) is 0 Å². The summed E-state index contributed by atoms with van der Waals surface area (Å²) >= 11 is 0. The van der Waals surface area contributed by atoms with Crippen LogP contribution >= 0.6 is 0 Å². The fourth-order valence-corrected chi connectivity index (χ4v) is 2.22. The number of ether oxygens (including phenoxy) is 2. The van der Waals surface area contributed by atoms with Gasteiger partial charge >= 0.3 is 6.09 Å². The molecule has 118 valence electrons. The monoisotopic (exact) mass is 296 g/mol. The van der Waals surface area contributed by atoms with Crippen LogP contribution in [0.3, 0.4) is 0 Å². The molecule has 1 aliphatic heterocycles. The zero-order valence-corrected chi connectivity index (χ0v) is 13.4. The zero-order chi connectivity index (χ0) is 15.7. The van der Waals surface area contributed by atoms with E-state index < -0.39 is 5.60 Å². The third kappa shape index (κ3) is 4.17. The summed E-state index contributed by atoms with van der Waals surface area (Å²) in [5.74, 6) is 0.770. The van der Waals surface area contributed by atoms with Gasteiger partial charge in [-0.2, -0.15) is 5.10 Å². The van der Waals surface area contributed by atoms with Crippen molar-refractivity contribution in [3.05, 3.63) is 12.2 Å². The Hall–Kier alpha value is -1.63. The lowest BCUT2D eigenvalue weighted by Crippen LogP contribution is -2.39. The van der Waals surface area contributed by atoms with Crippen LogP contribution in [0.4, 0.5) is 4.79 Å². The summed E-state index contributed by atoms with van der Waals surface area (Å²) in [6, 6.07) is 0. The maximum absolute atomic E-state index is 12.1. The SMILES string of the molecule is Cn1ncnc1COC1(C)CCN(C(=O)OC(C)(C)C)C1. The van der Waals surface area contributed by atoms with Crippen LogP contribution in [-0.4, -0.2) is 50.0 Å². The Kier molecular flexibility index (Phi) is 4.22. The zero-order valence-electron chi connectivity index (χ0n) is 13.4. The van der Waals surface area contributed by atoms with Crippen LogP contribution in [0.2, 0.25) is 0 Å². The molecule has 2 rings (SSSR count). The van der Waals surface area contributed by atoms with Gasteiger partial charge in [-0.25, -0.2) is 9.78 Å². The first kappa shape index (κ1) is 15.8. The molecule has 7 heteroatoms. The van der Waals surface area contributed by atoms with Gasteiger partial charge in [-0.3, -0.25) is 4.68 Å². The van der Waals surface area contributed by atoms with Crippen LogP contribution in [0, 0.1) is 0 Å². The highest BCUT2D eigenvalue weighted by atomic mass is 16.6. The average Bonchev–Trinajstić information content (AvgIpc) is 2.92. The average molecular weight is 296 g/mol. The Bertz CT molecular complexity index is 509. The molecule has 7 nitrogen and oxygen atoms in total. The van der Waals surface area contributed by atoms with Crippen molar-refractivity contribution in [3.63, 3.8) is 0 Å². The Morgan fingerprint density at radius 2 is 2.19 bits per heavy atom. The van der Waals surface area contributed by atoms with Gasteiger partial charge in [0, 0.05) is 13.6 Å². The fourth-order valence-electron chi connectivity index (χ4n) is 2.22. The number of nitrogens with zero attached hydrogens (tertiary/aromatic N) is 4. The van der Waals surface area contributed by atoms with Crippen molar-refractivity contribution < 1.29 is 14.3 Å². The van der Waals surface area contributed by atoms with E-state index >= 15 is 0 Å².